The van der Waals surface area contributed by atoms with E-state index >= 15 is 0 Å². The number of hydrogen-bond donors (Lipinski definition) is 1. The maximum Gasteiger partial charge on any atom is 0.254 e. The van der Waals surface area contributed by atoms with Crippen LogP contribution in [-0.4, -0.2) is 30.3 Å². The molecule has 0 atom stereocenters. The highest BCUT2D eigenvalue weighted by Crippen LogP contribution is 2.24. The fourth-order valence-corrected chi connectivity index (χ4v) is 2.31. The van der Waals surface area contributed by atoms with Gasteiger partial charge in [0.15, 0.2) is 0 Å². The number of amides is 2. The predicted octanol–water partition coefficient (Wildman–Crippen LogP) is 4.15. The van der Waals surface area contributed by atoms with Crippen molar-refractivity contribution in [1.82, 2.24) is 4.90 Å². The van der Waals surface area contributed by atoms with E-state index in [0.29, 0.717) is 21.3 Å². The van der Waals surface area contributed by atoms with Crippen LogP contribution in [0.3, 0.4) is 0 Å². The normalized spacial score (nSPS) is 10.4. The number of halogens is 3. The van der Waals surface area contributed by atoms with Gasteiger partial charge < -0.3 is 10.2 Å². The SMILES string of the molecule is Cc1ccc(C(=O)N(C)CC(=O)Nc2ccc(Cl)c(Cl)c2)cc1F. The van der Waals surface area contributed by atoms with Crippen LogP contribution in [0.4, 0.5) is 10.1 Å². The Morgan fingerprint density at radius 1 is 1.12 bits per heavy atom. The molecule has 7 heteroatoms. The summed E-state index contributed by atoms with van der Waals surface area (Å²) in [4.78, 5) is 25.5. The van der Waals surface area contributed by atoms with Gasteiger partial charge in [0.05, 0.1) is 16.6 Å². The average molecular weight is 369 g/mol. The highest BCUT2D eigenvalue weighted by atomic mass is 35.5. The van der Waals surface area contributed by atoms with Crippen LogP contribution in [0.2, 0.25) is 10.0 Å². The molecule has 0 saturated heterocycles. The van der Waals surface area contributed by atoms with Crippen molar-refractivity contribution in [1.29, 1.82) is 0 Å². The quantitative estimate of drug-likeness (QED) is 0.880. The molecule has 0 aliphatic rings. The summed E-state index contributed by atoms with van der Waals surface area (Å²) in [6, 6.07) is 8.87. The zero-order valence-electron chi connectivity index (χ0n) is 13.1. The molecule has 0 saturated carbocycles. The van der Waals surface area contributed by atoms with Gasteiger partial charge in [0.2, 0.25) is 5.91 Å². The number of nitrogens with one attached hydrogen (secondary N) is 1. The van der Waals surface area contributed by atoms with E-state index in [1.54, 1.807) is 19.1 Å². The summed E-state index contributed by atoms with van der Waals surface area (Å²) in [5, 5.41) is 3.31. The first-order chi connectivity index (χ1) is 11.3. The Bertz CT molecular complexity index is 796. The largest absolute Gasteiger partial charge is 0.332 e. The van der Waals surface area contributed by atoms with Gasteiger partial charge in [0, 0.05) is 18.3 Å². The van der Waals surface area contributed by atoms with E-state index in [4.69, 9.17) is 23.2 Å². The molecule has 0 aliphatic carbocycles. The number of aryl methyl sites for hydroxylation is 1. The molecular formula is C17H15Cl2FN2O2. The summed E-state index contributed by atoms with van der Waals surface area (Å²) in [5.41, 5.74) is 1.10. The predicted molar refractivity (Wildman–Crippen MR) is 93.2 cm³/mol. The van der Waals surface area contributed by atoms with Crippen molar-refractivity contribution in [2.24, 2.45) is 0 Å². The van der Waals surface area contributed by atoms with Gasteiger partial charge >= 0.3 is 0 Å². The van der Waals surface area contributed by atoms with Gasteiger partial charge in [0.1, 0.15) is 5.82 Å². The first-order valence-corrected chi connectivity index (χ1v) is 7.80. The summed E-state index contributed by atoms with van der Waals surface area (Å²) in [7, 11) is 1.47. The zero-order valence-corrected chi connectivity index (χ0v) is 14.6. The number of carbonyl (C=O) groups is 2. The van der Waals surface area contributed by atoms with Gasteiger partial charge in [-0.05, 0) is 42.8 Å². The molecule has 2 aromatic carbocycles. The molecule has 0 aliphatic heterocycles. The Morgan fingerprint density at radius 3 is 2.46 bits per heavy atom. The van der Waals surface area contributed by atoms with Crippen LogP contribution in [0.25, 0.3) is 0 Å². The van der Waals surface area contributed by atoms with Crippen LogP contribution >= 0.6 is 23.2 Å². The Labute approximate surface area is 149 Å². The Kier molecular flexibility index (Phi) is 5.80. The molecule has 0 radical (unpaired) electrons. The van der Waals surface area contributed by atoms with Crippen LogP contribution in [0.1, 0.15) is 15.9 Å². The van der Waals surface area contributed by atoms with Gasteiger partial charge in [-0.2, -0.15) is 0 Å². The van der Waals surface area contributed by atoms with E-state index < -0.39 is 17.6 Å². The third-order valence-corrected chi connectivity index (χ3v) is 4.09. The first-order valence-electron chi connectivity index (χ1n) is 7.04. The zero-order chi connectivity index (χ0) is 17.9. The number of likely N-dealkylation sites (N-methyl/N-ethyl adjacent to an activating group) is 1. The first kappa shape index (κ1) is 18.2. The summed E-state index contributed by atoms with van der Waals surface area (Å²) in [6.07, 6.45) is 0. The number of hydrogen-bond acceptors (Lipinski definition) is 2. The van der Waals surface area contributed by atoms with E-state index in [0.717, 1.165) is 6.07 Å². The fourth-order valence-electron chi connectivity index (χ4n) is 2.01. The Balaban J connectivity index is 2.01. The van der Waals surface area contributed by atoms with Gasteiger partial charge in [-0.15, -0.1) is 0 Å². The number of anilines is 1. The maximum atomic E-state index is 13.6. The van der Waals surface area contributed by atoms with Crippen LogP contribution in [0.5, 0.6) is 0 Å². The van der Waals surface area contributed by atoms with Crippen LogP contribution in [0.15, 0.2) is 36.4 Å². The van der Waals surface area contributed by atoms with E-state index in [9.17, 15) is 14.0 Å². The molecule has 24 heavy (non-hydrogen) atoms. The van der Waals surface area contributed by atoms with Gasteiger partial charge in [-0.1, -0.05) is 29.3 Å². The van der Waals surface area contributed by atoms with Crippen molar-refractivity contribution >= 4 is 40.7 Å². The van der Waals surface area contributed by atoms with Crippen molar-refractivity contribution < 1.29 is 14.0 Å². The van der Waals surface area contributed by atoms with E-state index in [1.807, 2.05) is 0 Å². The monoisotopic (exact) mass is 368 g/mol. The lowest BCUT2D eigenvalue weighted by atomic mass is 10.1. The Morgan fingerprint density at radius 2 is 1.83 bits per heavy atom. The van der Waals surface area contributed by atoms with Gasteiger partial charge in [-0.3, -0.25) is 9.59 Å². The second-order valence-corrected chi connectivity index (χ2v) is 6.12. The van der Waals surface area contributed by atoms with Crippen LogP contribution in [-0.2, 0) is 4.79 Å². The molecule has 2 amide bonds. The minimum Gasteiger partial charge on any atom is -0.332 e. The number of carbonyl (C=O) groups excluding carboxylic acids is 2. The van der Waals surface area contributed by atoms with Crippen LogP contribution in [0, 0.1) is 12.7 Å². The van der Waals surface area contributed by atoms with Crippen molar-refractivity contribution in [2.45, 2.75) is 6.92 Å². The summed E-state index contributed by atoms with van der Waals surface area (Å²) in [6.45, 7) is 1.42. The Hall–Kier alpha value is -2.11. The lowest BCUT2D eigenvalue weighted by Gasteiger charge is -2.17. The lowest BCUT2D eigenvalue weighted by molar-refractivity contribution is -0.116. The molecule has 0 bridgehead atoms. The van der Waals surface area contributed by atoms with Crippen molar-refractivity contribution in [3.63, 3.8) is 0 Å². The highest BCUT2D eigenvalue weighted by Gasteiger charge is 2.16. The minimum absolute atomic E-state index is 0.183. The van der Waals surface area contributed by atoms with Crippen molar-refractivity contribution in [3.8, 4) is 0 Å². The molecule has 126 valence electrons. The second-order valence-electron chi connectivity index (χ2n) is 5.30. The minimum atomic E-state index is -0.463. The maximum absolute atomic E-state index is 13.6. The van der Waals surface area contributed by atoms with Gasteiger partial charge in [0.25, 0.3) is 5.91 Å². The van der Waals surface area contributed by atoms with Crippen LogP contribution < -0.4 is 5.32 Å². The number of benzene rings is 2. The molecule has 2 rings (SSSR count). The lowest BCUT2D eigenvalue weighted by Crippen LogP contribution is -2.35. The third-order valence-electron chi connectivity index (χ3n) is 3.35. The van der Waals surface area contributed by atoms with Crippen molar-refractivity contribution in [3.05, 3.63) is 63.4 Å². The second kappa shape index (κ2) is 7.64. The molecule has 2 aromatic rings. The smallest absolute Gasteiger partial charge is 0.254 e. The molecule has 0 unspecified atom stereocenters. The summed E-state index contributed by atoms with van der Waals surface area (Å²) >= 11 is 11.7. The summed E-state index contributed by atoms with van der Waals surface area (Å²) in [5.74, 6) is -1.32. The summed E-state index contributed by atoms with van der Waals surface area (Å²) < 4.78 is 13.6. The number of rotatable bonds is 4. The van der Waals surface area contributed by atoms with E-state index in [-0.39, 0.29) is 12.1 Å². The molecule has 0 fully saturated rings. The molecule has 1 N–H and O–H groups in total. The molecule has 4 nitrogen and oxygen atoms in total. The molecular weight excluding hydrogens is 354 g/mol. The number of nitrogens with zero attached hydrogens (tertiary/aromatic N) is 1. The molecule has 0 spiro atoms. The fraction of sp³-hybridized carbons (Fsp3) is 0.176. The topological polar surface area (TPSA) is 49.4 Å². The highest BCUT2D eigenvalue weighted by molar-refractivity contribution is 6.42. The molecule has 0 aromatic heterocycles. The molecule has 0 heterocycles. The third kappa shape index (κ3) is 4.46. The van der Waals surface area contributed by atoms with E-state index in [1.165, 1.54) is 30.1 Å². The van der Waals surface area contributed by atoms with Gasteiger partial charge in [-0.25, -0.2) is 4.39 Å². The average Bonchev–Trinajstić information content (AvgIpc) is 2.52. The van der Waals surface area contributed by atoms with E-state index in [2.05, 4.69) is 5.32 Å². The standard InChI is InChI=1S/C17H15Cl2FN2O2/c1-10-3-4-11(7-15(10)20)17(24)22(2)9-16(23)21-12-5-6-13(18)14(19)8-12/h3-8H,9H2,1-2H3,(H,21,23). The van der Waals surface area contributed by atoms with Crippen molar-refractivity contribution in [2.75, 3.05) is 18.9 Å².